The van der Waals surface area contributed by atoms with Gasteiger partial charge in [-0.2, -0.15) is 0 Å². The number of likely N-dealkylation sites (tertiary alicyclic amines) is 1. The van der Waals surface area contributed by atoms with Crippen LogP contribution in [0.1, 0.15) is 19.8 Å². The van der Waals surface area contributed by atoms with Crippen LogP contribution in [0.15, 0.2) is 59.5 Å². The number of fused-ring (bicyclic) bond motifs is 1. The maximum absolute atomic E-state index is 13.3. The average molecular weight is 401 g/mol. The number of carbonyl (C=O) groups is 1. The highest BCUT2D eigenvalue weighted by molar-refractivity contribution is 7.92. The molecule has 2 aromatic rings. The lowest BCUT2D eigenvalue weighted by atomic mass is 10.00. The summed E-state index contributed by atoms with van der Waals surface area (Å²) in [6.07, 6.45) is 1.22. The molecule has 0 N–H and O–H groups in total. The van der Waals surface area contributed by atoms with Crippen LogP contribution >= 0.6 is 0 Å². The van der Waals surface area contributed by atoms with Gasteiger partial charge in [0.05, 0.1) is 17.1 Å². The molecule has 2 aromatic carbocycles. The van der Waals surface area contributed by atoms with Crippen LogP contribution in [0.5, 0.6) is 5.75 Å². The van der Waals surface area contributed by atoms with Crippen LogP contribution in [0.3, 0.4) is 0 Å². The number of ether oxygens (including phenoxy) is 1. The first kappa shape index (κ1) is 18.8. The number of hydrogen-bond acceptors (Lipinski definition) is 4. The molecule has 148 valence electrons. The molecule has 0 aliphatic carbocycles. The van der Waals surface area contributed by atoms with Crippen molar-refractivity contribution in [3.63, 3.8) is 0 Å². The van der Waals surface area contributed by atoms with Crippen LogP contribution in [0.25, 0.3) is 0 Å². The molecule has 1 amide bonds. The SMILES string of the molecule is C[C@H]1CCCN(C(=O)[C@H]2CN(S(=O)(=O)c3ccccc3)c3ccccc3O2)C1. The van der Waals surface area contributed by atoms with Gasteiger partial charge in [-0.3, -0.25) is 9.10 Å². The Morgan fingerprint density at radius 2 is 1.75 bits per heavy atom. The van der Waals surface area contributed by atoms with Gasteiger partial charge in [0, 0.05) is 13.1 Å². The zero-order valence-corrected chi connectivity index (χ0v) is 16.6. The van der Waals surface area contributed by atoms with E-state index in [1.807, 2.05) is 0 Å². The van der Waals surface area contributed by atoms with Crippen LogP contribution in [-0.2, 0) is 14.8 Å². The molecule has 0 spiro atoms. The summed E-state index contributed by atoms with van der Waals surface area (Å²) >= 11 is 0. The number of nitrogens with zero attached hydrogens (tertiary/aromatic N) is 2. The zero-order valence-electron chi connectivity index (χ0n) is 15.8. The smallest absolute Gasteiger partial charge is 0.265 e. The molecule has 7 heteroatoms. The van der Waals surface area contributed by atoms with Crippen molar-refractivity contribution in [1.82, 2.24) is 4.90 Å². The molecule has 2 aliphatic heterocycles. The Hall–Kier alpha value is -2.54. The van der Waals surface area contributed by atoms with Crippen molar-refractivity contribution in [1.29, 1.82) is 0 Å². The largest absolute Gasteiger partial charge is 0.476 e. The Morgan fingerprint density at radius 3 is 2.50 bits per heavy atom. The fourth-order valence-electron chi connectivity index (χ4n) is 3.87. The van der Waals surface area contributed by atoms with E-state index < -0.39 is 16.1 Å². The van der Waals surface area contributed by atoms with E-state index in [1.54, 1.807) is 59.5 Å². The standard InChI is InChI=1S/C21H24N2O4S/c1-16-8-7-13-22(14-16)21(24)20-15-23(18-11-5-6-12-19(18)27-20)28(25,26)17-9-3-2-4-10-17/h2-6,9-12,16,20H,7-8,13-15H2,1H3/t16-,20+/m0/s1. The van der Waals surface area contributed by atoms with Crippen molar-refractivity contribution in [2.45, 2.75) is 30.8 Å². The van der Waals surface area contributed by atoms with Crippen molar-refractivity contribution in [2.24, 2.45) is 5.92 Å². The van der Waals surface area contributed by atoms with E-state index in [-0.39, 0.29) is 17.3 Å². The summed E-state index contributed by atoms with van der Waals surface area (Å²) in [5.74, 6) is 0.712. The van der Waals surface area contributed by atoms with E-state index in [0.29, 0.717) is 30.4 Å². The Kier molecular flexibility index (Phi) is 5.02. The highest BCUT2D eigenvalue weighted by atomic mass is 32.2. The number of carbonyl (C=O) groups excluding carboxylic acids is 1. The Balaban J connectivity index is 1.68. The highest BCUT2D eigenvalue weighted by Gasteiger charge is 2.39. The van der Waals surface area contributed by atoms with Gasteiger partial charge >= 0.3 is 0 Å². The molecule has 0 unspecified atom stereocenters. The summed E-state index contributed by atoms with van der Waals surface area (Å²) in [7, 11) is -3.80. The average Bonchev–Trinajstić information content (AvgIpc) is 2.73. The normalized spacial score (nSPS) is 22.3. The predicted octanol–water partition coefficient (Wildman–Crippen LogP) is 2.90. The lowest BCUT2D eigenvalue weighted by molar-refractivity contribution is -0.140. The topological polar surface area (TPSA) is 66.9 Å². The van der Waals surface area contributed by atoms with E-state index in [1.165, 1.54) is 4.31 Å². The number of para-hydroxylation sites is 2. The first-order valence-corrected chi connectivity index (χ1v) is 11.0. The maximum atomic E-state index is 13.3. The third-order valence-electron chi connectivity index (χ3n) is 5.31. The van der Waals surface area contributed by atoms with Crippen molar-refractivity contribution < 1.29 is 17.9 Å². The summed E-state index contributed by atoms with van der Waals surface area (Å²) < 4.78 is 33.8. The maximum Gasteiger partial charge on any atom is 0.265 e. The van der Waals surface area contributed by atoms with Crippen molar-refractivity contribution in [3.05, 3.63) is 54.6 Å². The number of sulfonamides is 1. The first-order chi connectivity index (χ1) is 13.5. The van der Waals surface area contributed by atoms with Crippen LogP contribution in [0.2, 0.25) is 0 Å². The molecular formula is C21H24N2O4S. The van der Waals surface area contributed by atoms with E-state index >= 15 is 0 Å². The van der Waals surface area contributed by atoms with Gasteiger partial charge in [-0.05, 0) is 43.0 Å². The Bertz CT molecular complexity index is 961. The van der Waals surface area contributed by atoms with Gasteiger partial charge in [-0.25, -0.2) is 8.42 Å². The monoisotopic (exact) mass is 400 g/mol. The number of piperidine rings is 1. The van der Waals surface area contributed by atoms with Crippen molar-refractivity contribution in [2.75, 3.05) is 23.9 Å². The quantitative estimate of drug-likeness (QED) is 0.795. The lowest BCUT2D eigenvalue weighted by Crippen LogP contribution is -2.53. The molecular weight excluding hydrogens is 376 g/mol. The molecule has 0 saturated carbocycles. The third-order valence-corrected chi connectivity index (χ3v) is 7.10. The summed E-state index contributed by atoms with van der Waals surface area (Å²) in [4.78, 5) is 15.1. The van der Waals surface area contributed by atoms with E-state index in [4.69, 9.17) is 4.74 Å². The Morgan fingerprint density at radius 1 is 1.04 bits per heavy atom. The number of rotatable bonds is 3. The zero-order chi connectivity index (χ0) is 19.7. The molecule has 28 heavy (non-hydrogen) atoms. The highest BCUT2D eigenvalue weighted by Crippen LogP contribution is 2.37. The van der Waals surface area contributed by atoms with Crippen molar-refractivity contribution in [3.8, 4) is 5.75 Å². The second-order valence-corrected chi connectivity index (χ2v) is 9.32. The van der Waals surface area contributed by atoms with Gasteiger partial charge in [-0.15, -0.1) is 0 Å². The van der Waals surface area contributed by atoms with Crippen LogP contribution < -0.4 is 9.04 Å². The number of amides is 1. The van der Waals surface area contributed by atoms with E-state index in [0.717, 1.165) is 12.8 Å². The van der Waals surface area contributed by atoms with Gasteiger partial charge < -0.3 is 9.64 Å². The van der Waals surface area contributed by atoms with Crippen molar-refractivity contribution >= 4 is 21.6 Å². The number of anilines is 1. The number of benzene rings is 2. The fraction of sp³-hybridized carbons (Fsp3) is 0.381. The van der Waals surface area contributed by atoms with Gasteiger partial charge in [0.2, 0.25) is 0 Å². The van der Waals surface area contributed by atoms with Gasteiger partial charge in [0.1, 0.15) is 5.75 Å². The Labute approximate surface area is 165 Å². The van der Waals surface area contributed by atoms with Crippen LogP contribution in [0.4, 0.5) is 5.69 Å². The molecule has 4 rings (SSSR count). The molecule has 1 fully saturated rings. The van der Waals surface area contributed by atoms with Gasteiger partial charge in [-0.1, -0.05) is 37.3 Å². The van der Waals surface area contributed by atoms with Gasteiger partial charge in [0.25, 0.3) is 15.9 Å². The van der Waals surface area contributed by atoms with E-state index in [2.05, 4.69) is 6.92 Å². The van der Waals surface area contributed by atoms with Crippen LogP contribution in [0, 0.1) is 5.92 Å². The molecule has 2 atom stereocenters. The molecule has 6 nitrogen and oxygen atoms in total. The third kappa shape index (κ3) is 3.46. The minimum absolute atomic E-state index is 0.0298. The summed E-state index contributed by atoms with van der Waals surface area (Å²) in [6, 6.07) is 15.3. The molecule has 0 bridgehead atoms. The number of hydrogen-bond donors (Lipinski definition) is 0. The summed E-state index contributed by atoms with van der Waals surface area (Å²) in [5.41, 5.74) is 0.461. The minimum Gasteiger partial charge on any atom is -0.476 e. The minimum atomic E-state index is -3.80. The predicted molar refractivity (Wildman–Crippen MR) is 107 cm³/mol. The second-order valence-electron chi connectivity index (χ2n) is 7.46. The molecule has 1 saturated heterocycles. The second kappa shape index (κ2) is 7.47. The molecule has 2 aliphatic rings. The first-order valence-electron chi connectivity index (χ1n) is 9.59. The lowest BCUT2D eigenvalue weighted by Gasteiger charge is -2.38. The molecule has 0 radical (unpaired) electrons. The van der Waals surface area contributed by atoms with Gasteiger partial charge in [0.15, 0.2) is 6.10 Å². The summed E-state index contributed by atoms with van der Waals surface area (Å²) in [5, 5.41) is 0. The molecule has 2 heterocycles. The van der Waals surface area contributed by atoms with E-state index in [9.17, 15) is 13.2 Å². The van der Waals surface area contributed by atoms with Crippen LogP contribution in [-0.4, -0.2) is 45.0 Å². The summed E-state index contributed by atoms with van der Waals surface area (Å²) in [6.45, 7) is 3.47. The molecule has 0 aromatic heterocycles. The fourth-order valence-corrected chi connectivity index (χ4v) is 5.37.